The van der Waals surface area contributed by atoms with E-state index in [9.17, 15) is 4.79 Å². The van der Waals surface area contributed by atoms with E-state index in [-0.39, 0.29) is 5.91 Å². The second-order valence-electron chi connectivity index (χ2n) is 6.85. The Kier molecular flexibility index (Phi) is 6.37. The minimum absolute atomic E-state index is 0.344. The van der Waals surface area contributed by atoms with E-state index in [0.717, 1.165) is 22.4 Å². The summed E-state index contributed by atoms with van der Waals surface area (Å²) in [5.41, 5.74) is 6.17. The number of fused-ring (bicyclic) bond motifs is 1. The van der Waals surface area contributed by atoms with E-state index in [4.69, 9.17) is 21.1 Å². The molecule has 0 saturated carbocycles. The Bertz CT molecular complexity index is 1290. The molecule has 4 aromatic rings. The summed E-state index contributed by atoms with van der Waals surface area (Å²) in [6, 6.07) is 18.5. The van der Waals surface area contributed by atoms with Gasteiger partial charge in [-0.1, -0.05) is 41.9 Å². The van der Waals surface area contributed by atoms with E-state index < -0.39 is 0 Å². The van der Waals surface area contributed by atoms with E-state index in [2.05, 4.69) is 20.5 Å². The fourth-order valence-electron chi connectivity index (χ4n) is 3.24. The number of aromatic amines is 1. The van der Waals surface area contributed by atoms with Gasteiger partial charge in [0.15, 0.2) is 11.5 Å². The molecule has 32 heavy (non-hydrogen) atoms. The van der Waals surface area contributed by atoms with Gasteiger partial charge in [-0.3, -0.25) is 4.79 Å². The van der Waals surface area contributed by atoms with Gasteiger partial charge in [-0.2, -0.15) is 5.10 Å². The number of halogens is 1. The molecule has 2 N–H and O–H groups in total. The molecule has 1 aromatic heterocycles. The number of hydrazone groups is 1. The lowest BCUT2D eigenvalue weighted by Gasteiger charge is -2.11. The maximum atomic E-state index is 12.6. The lowest BCUT2D eigenvalue weighted by atomic mass is 10.2. The van der Waals surface area contributed by atoms with Crippen LogP contribution < -0.4 is 14.9 Å². The largest absolute Gasteiger partial charge is 0.491 e. The number of carbonyl (C=O) groups is 1. The molecule has 7 nitrogen and oxygen atoms in total. The number of carbonyl (C=O) groups excluding carboxylic acids is 1. The quantitative estimate of drug-likeness (QED) is 0.305. The zero-order valence-corrected chi connectivity index (χ0v) is 18.3. The number of nitrogens with one attached hydrogen (secondary N) is 2. The first-order valence-electron chi connectivity index (χ1n) is 9.98. The Morgan fingerprint density at radius 2 is 2.00 bits per heavy atom. The maximum absolute atomic E-state index is 12.6. The van der Waals surface area contributed by atoms with E-state index >= 15 is 0 Å². The Balaban J connectivity index is 1.50. The lowest BCUT2D eigenvalue weighted by Crippen LogP contribution is -2.17. The minimum atomic E-state index is -0.344. The summed E-state index contributed by atoms with van der Waals surface area (Å²) in [4.78, 5) is 20.4. The van der Waals surface area contributed by atoms with Gasteiger partial charge in [-0.25, -0.2) is 10.4 Å². The molecule has 0 spiro atoms. The van der Waals surface area contributed by atoms with Crippen molar-refractivity contribution in [3.8, 4) is 22.9 Å². The Morgan fingerprint density at radius 1 is 1.19 bits per heavy atom. The van der Waals surface area contributed by atoms with Crippen LogP contribution in [-0.2, 0) is 0 Å². The van der Waals surface area contributed by atoms with Crippen LogP contribution in [0.1, 0.15) is 22.8 Å². The molecule has 0 atom stereocenters. The van der Waals surface area contributed by atoms with Gasteiger partial charge in [0, 0.05) is 11.1 Å². The average Bonchev–Trinajstić information content (AvgIpc) is 3.23. The van der Waals surface area contributed by atoms with Crippen molar-refractivity contribution in [3.63, 3.8) is 0 Å². The summed E-state index contributed by atoms with van der Waals surface area (Å²) in [7, 11) is 1.52. The number of rotatable bonds is 7. The van der Waals surface area contributed by atoms with Gasteiger partial charge in [0.2, 0.25) is 0 Å². The molecule has 0 aliphatic heterocycles. The molecule has 8 heteroatoms. The molecule has 0 bridgehead atoms. The first-order valence-corrected chi connectivity index (χ1v) is 10.4. The number of benzene rings is 3. The molecule has 0 unspecified atom stereocenters. The fourth-order valence-corrected chi connectivity index (χ4v) is 3.53. The summed E-state index contributed by atoms with van der Waals surface area (Å²) in [5, 5.41) is 4.44. The van der Waals surface area contributed by atoms with Gasteiger partial charge in [0.25, 0.3) is 5.91 Å². The third-order valence-electron chi connectivity index (χ3n) is 4.71. The van der Waals surface area contributed by atoms with Crippen molar-refractivity contribution in [2.24, 2.45) is 5.10 Å². The fraction of sp³-hybridized carbons (Fsp3) is 0.125. The predicted octanol–water partition coefficient (Wildman–Crippen LogP) is 5.05. The summed E-state index contributed by atoms with van der Waals surface area (Å²) in [5.74, 6) is 1.37. The number of ether oxygens (including phenoxy) is 2. The number of nitrogens with zero attached hydrogens (tertiary/aromatic N) is 2. The number of imidazole rings is 1. The monoisotopic (exact) mass is 448 g/mol. The van der Waals surface area contributed by atoms with Crippen LogP contribution in [0.5, 0.6) is 11.5 Å². The highest BCUT2D eigenvalue weighted by Gasteiger charge is 2.12. The first kappa shape index (κ1) is 21.4. The molecule has 0 saturated heterocycles. The number of aromatic nitrogens is 2. The third-order valence-corrected chi connectivity index (χ3v) is 4.99. The van der Waals surface area contributed by atoms with Crippen molar-refractivity contribution >= 4 is 34.8 Å². The molecule has 3 aromatic carbocycles. The van der Waals surface area contributed by atoms with Crippen molar-refractivity contribution in [2.75, 3.05) is 13.7 Å². The minimum Gasteiger partial charge on any atom is -0.491 e. The summed E-state index contributed by atoms with van der Waals surface area (Å²) >= 11 is 6.25. The number of H-pyrrole nitrogens is 1. The van der Waals surface area contributed by atoms with Gasteiger partial charge >= 0.3 is 0 Å². The summed E-state index contributed by atoms with van der Waals surface area (Å²) in [6.07, 6.45) is 1.49. The van der Waals surface area contributed by atoms with Crippen LogP contribution in [0, 0.1) is 0 Å². The standard InChI is InChI=1S/C24H21ClN4O3/c1-3-32-21-12-15(11-18(25)22(21)31-2)14-26-29-24(30)17-9-10-19-20(13-17)28-23(27-19)16-7-5-4-6-8-16/h4-14H,3H2,1-2H3,(H,27,28)(H,29,30)/b26-14+. The van der Waals surface area contributed by atoms with Crippen LogP contribution in [0.15, 0.2) is 65.8 Å². The molecule has 0 radical (unpaired) electrons. The Morgan fingerprint density at radius 3 is 2.75 bits per heavy atom. The van der Waals surface area contributed by atoms with Crippen LogP contribution >= 0.6 is 11.6 Å². The van der Waals surface area contributed by atoms with E-state index in [0.29, 0.717) is 34.3 Å². The van der Waals surface area contributed by atoms with E-state index in [1.54, 1.807) is 30.3 Å². The third kappa shape index (κ3) is 4.58. The molecular formula is C24H21ClN4O3. The zero-order valence-electron chi connectivity index (χ0n) is 17.6. The molecule has 162 valence electrons. The van der Waals surface area contributed by atoms with Gasteiger partial charge in [0.05, 0.1) is 36.0 Å². The molecule has 1 heterocycles. The van der Waals surface area contributed by atoms with Crippen molar-refractivity contribution in [3.05, 3.63) is 76.8 Å². The second kappa shape index (κ2) is 9.53. The number of hydrogen-bond acceptors (Lipinski definition) is 5. The second-order valence-corrected chi connectivity index (χ2v) is 7.26. The Labute approximate surface area is 190 Å². The SMILES string of the molecule is CCOc1cc(/C=N/NC(=O)c2ccc3nc(-c4ccccc4)[nH]c3c2)cc(Cl)c1OC. The Hall–Kier alpha value is -3.84. The van der Waals surface area contributed by atoms with Crippen LogP contribution in [0.3, 0.4) is 0 Å². The molecule has 0 aliphatic carbocycles. The highest BCUT2D eigenvalue weighted by atomic mass is 35.5. The lowest BCUT2D eigenvalue weighted by molar-refractivity contribution is 0.0955. The summed E-state index contributed by atoms with van der Waals surface area (Å²) in [6.45, 7) is 2.33. The maximum Gasteiger partial charge on any atom is 0.271 e. The smallest absolute Gasteiger partial charge is 0.271 e. The zero-order chi connectivity index (χ0) is 22.5. The van der Waals surface area contributed by atoms with Gasteiger partial charge < -0.3 is 14.5 Å². The van der Waals surface area contributed by atoms with Gasteiger partial charge in [0.1, 0.15) is 5.82 Å². The number of amides is 1. The van der Waals surface area contributed by atoms with Crippen LogP contribution in [0.2, 0.25) is 5.02 Å². The molecule has 0 fully saturated rings. The van der Waals surface area contributed by atoms with E-state index in [1.807, 2.05) is 37.3 Å². The molecular weight excluding hydrogens is 428 g/mol. The normalized spacial score (nSPS) is 11.1. The van der Waals surface area contributed by atoms with Crippen molar-refractivity contribution in [2.45, 2.75) is 6.92 Å². The van der Waals surface area contributed by atoms with E-state index in [1.165, 1.54) is 13.3 Å². The highest BCUT2D eigenvalue weighted by molar-refractivity contribution is 6.32. The molecule has 1 amide bonds. The highest BCUT2D eigenvalue weighted by Crippen LogP contribution is 2.35. The number of methoxy groups -OCH3 is 1. The van der Waals surface area contributed by atoms with Crippen LogP contribution in [0.4, 0.5) is 0 Å². The van der Waals surface area contributed by atoms with Gasteiger partial charge in [-0.05, 0) is 42.8 Å². The first-order chi connectivity index (χ1) is 15.6. The van der Waals surface area contributed by atoms with Crippen molar-refractivity contribution in [1.82, 2.24) is 15.4 Å². The summed E-state index contributed by atoms with van der Waals surface area (Å²) < 4.78 is 10.8. The van der Waals surface area contributed by atoms with Gasteiger partial charge in [-0.15, -0.1) is 0 Å². The van der Waals surface area contributed by atoms with Crippen molar-refractivity contribution < 1.29 is 14.3 Å². The average molecular weight is 449 g/mol. The van der Waals surface area contributed by atoms with Crippen molar-refractivity contribution in [1.29, 1.82) is 0 Å². The van der Waals surface area contributed by atoms with Crippen LogP contribution in [-0.4, -0.2) is 35.8 Å². The van der Waals surface area contributed by atoms with Crippen LogP contribution in [0.25, 0.3) is 22.4 Å². The predicted molar refractivity (Wildman–Crippen MR) is 126 cm³/mol. The topological polar surface area (TPSA) is 88.6 Å². The molecule has 0 aliphatic rings. The number of hydrogen-bond donors (Lipinski definition) is 2. The molecule has 4 rings (SSSR count).